The smallest absolute Gasteiger partial charge is 0.236 e. The highest BCUT2D eigenvalue weighted by Crippen LogP contribution is 2.28. The lowest BCUT2D eigenvalue weighted by atomic mass is 10.2. The van der Waals surface area contributed by atoms with Crippen LogP contribution in [-0.2, 0) is 4.79 Å². The van der Waals surface area contributed by atoms with Gasteiger partial charge in [0.05, 0.1) is 12.1 Å². The van der Waals surface area contributed by atoms with Crippen LogP contribution in [0.15, 0.2) is 42.5 Å². The number of halogens is 2. The third-order valence-electron chi connectivity index (χ3n) is 6.23. The Balaban J connectivity index is 1.34. The van der Waals surface area contributed by atoms with Crippen LogP contribution in [0.25, 0.3) is 10.9 Å². The molecule has 2 aliphatic heterocycles. The molecule has 33 heavy (non-hydrogen) atoms. The van der Waals surface area contributed by atoms with Crippen molar-refractivity contribution in [3.05, 3.63) is 53.3 Å². The number of hydrogen-bond acceptors (Lipinski definition) is 6. The summed E-state index contributed by atoms with van der Waals surface area (Å²) in [5.41, 5.74) is 1.46. The first kappa shape index (κ1) is 21.9. The second kappa shape index (κ2) is 9.49. The highest BCUT2D eigenvalue weighted by molar-refractivity contribution is 6.30. The molecule has 2 aromatic carbocycles. The van der Waals surface area contributed by atoms with Crippen molar-refractivity contribution in [1.29, 1.82) is 0 Å². The summed E-state index contributed by atoms with van der Waals surface area (Å²) in [7, 11) is 0. The monoisotopic (exact) mass is 468 g/mol. The van der Waals surface area contributed by atoms with Gasteiger partial charge in [0.15, 0.2) is 0 Å². The molecule has 0 unspecified atom stereocenters. The van der Waals surface area contributed by atoms with Crippen molar-refractivity contribution in [1.82, 2.24) is 19.8 Å². The number of carbonyl (C=O) groups excluding carboxylic acids is 1. The molecule has 5 rings (SSSR count). The lowest BCUT2D eigenvalue weighted by molar-refractivity contribution is -0.132. The van der Waals surface area contributed by atoms with Crippen LogP contribution < -0.4 is 10.2 Å². The van der Waals surface area contributed by atoms with Crippen molar-refractivity contribution in [2.24, 2.45) is 0 Å². The number of benzene rings is 2. The lowest BCUT2D eigenvalue weighted by Crippen LogP contribution is -2.51. The summed E-state index contributed by atoms with van der Waals surface area (Å²) in [6.45, 7) is 5.11. The highest BCUT2D eigenvalue weighted by atomic mass is 35.5. The van der Waals surface area contributed by atoms with Gasteiger partial charge in [-0.25, -0.2) is 9.37 Å². The molecule has 0 spiro atoms. The van der Waals surface area contributed by atoms with E-state index < -0.39 is 0 Å². The third-order valence-corrected chi connectivity index (χ3v) is 6.48. The fraction of sp³-hybridized carbons (Fsp3) is 0.375. The van der Waals surface area contributed by atoms with Crippen molar-refractivity contribution in [2.75, 3.05) is 56.0 Å². The minimum atomic E-state index is -0.344. The van der Waals surface area contributed by atoms with Crippen LogP contribution in [0, 0.1) is 5.82 Å². The maximum atomic E-state index is 14.0. The number of aromatic nitrogens is 2. The molecular formula is C24H26ClFN6O. The molecule has 1 amide bonds. The summed E-state index contributed by atoms with van der Waals surface area (Å²) in [5.74, 6) is 0.946. The average molecular weight is 469 g/mol. The van der Waals surface area contributed by atoms with Crippen molar-refractivity contribution in [2.45, 2.75) is 12.8 Å². The zero-order chi connectivity index (χ0) is 22.8. The number of nitrogens with zero attached hydrogens (tertiary/aromatic N) is 5. The first-order valence-electron chi connectivity index (χ1n) is 11.3. The Kier molecular flexibility index (Phi) is 6.28. The first-order chi connectivity index (χ1) is 16.0. The number of hydrogen-bond donors (Lipinski definition) is 1. The van der Waals surface area contributed by atoms with Crippen molar-refractivity contribution < 1.29 is 9.18 Å². The summed E-state index contributed by atoms with van der Waals surface area (Å²) in [6, 6.07) is 11.8. The second-order valence-corrected chi connectivity index (χ2v) is 8.95. The van der Waals surface area contributed by atoms with E-state index in [0.717, 1.165) is 18.8 Å². The van der Waals surface area contributed by atoms with Crippen LogP contribution in [0.5, 0.6) is 0 Å². The second-order valence-electron chi connectivity index (χ2n) is 8.52. The molecule has 7 nitrogen and oxygen atoms in total. The number of carbonyl (C=O) groups is 1. The van der Waals surface area contributed by atoms with Crippen molar-refractivity contribution in [3.8, 4) is 0 Å². The Bertz CT molecular complexity index is 1140. The van der Waals surface area contributed by atoms with Crippen LogP contribution in [0.2, 0.25) is 5.02 Å². The number of rotatable bonds is 5. The average Bonchev–Trinajstić information content (AvgIpc) is 3.34. The molecule has 1 N–H and O–H groups in total. The first-order valence-corrected chi connectivity index (χ1v) is 11.7. The number of fused-ring (bicyclic) bond motifs is 1. The van der Waals surface area contributed by atoms with E-state index in [9.17, 15) is 9.18 Å². The van der Waals surface area contributed by atoms with E-state index >= 15 is 0 Å². The molecule has 0 radical (unpaired) electrons. The fourth-order valence-electron chi connectivity index (χ4n) is 4.38. The van der Waals surface area contributed by atoms with Gasteiger partial charge >= 0.3 is 0 Å². The molecule has 3 heterocycles. The molecule has 0 bridgehead atoms. The van der Waals surface area contributed by atoms with Crippen LogP contribution in [0.4, 0.5) is 21.8 Å². The Labute approximate surface area is 197 Å². The Morgan fingerprint density at radius 1 is 0.970 bits per heavy atom. The number of nitrogens with one attached hydrogen (secondary N) is 1. The maximum Gasteiger partial charge on any atom is 0.236 e. The van der Waals surface area contributed by atoms with E-state index in [2.05, 4.69) is 20.1 Å². The molecule has 0 aliphatic carbocycles. The lowest BCUT2D eigenvalue weighted by Gasteiger charge is -2.35. The largest absolute Gasteiger partial charge is 0.340 e. The molecular weight excluding hydrogens is 443 g/mol. The summed E-state index contributed by atoms with van der Waals surface area (Å²) < 4.78 is 14.0. The van der Waals surface area contributed by atoms with E-state index in [0.29, 0.717) is 60.4 Å². The van der Waals surface area contributed by atoms with Crippen LogP contribution >= 0.6 is 11.6 Å². The van der Waals surface area contributed by atoms with Gasteiger partial charge in [-0.2, -0.15) is 4.98 Å². The zero-order valence-electron chi connectivity index (χ0n) is 18.3. The summed E-state index contributed by atoms with van der Waals surface area (Å²) in [4.78, 5) is 28.3. The minimum Gasteiger partial charge on any atom is -0.340 e. The summed E-state index contributed by atoms with van der Waals surface area (Å²) in [6.07, 6.45) is 2.35. The fourth-order valence-corrected chi connectivity index (χ4v) is 4.51. The minimum absolute atomic E-state index is 0.191. The molecule has 2 fully saturated rings. The van der Waals surface area contributed by atoms with Gasteiger partial charge in [-0.3, -0.25) is 9.69 Å². The summed E-state index contributed by atoms with van der Waals surface area (Å²) >= 11 is 6.00. The van der Waals surface area contributed by atoms with Gasteiger partial charge in [0, 0.05) is 42.3 Å². The van der Waals surface area contributed by atoms with Gasteiger partial charge in [0.1, 0.15) is 11.6 Å². The van der Waals surface area contributed by atoms with E-state index in [1.54, 1.807) is 18.2 Å². The SMILES string of the molecule is O=C(CN1CCCC1)N1CCN(c2nc(Nc3ccc(Cl)cc3)c3cc(F)ccc3n2)CC1. The van der Waals surface area contributed by atoms with Gasteiger partial charge in [0.25, 0.3) is 0 Å². The molecule has 3 aromatic rings. The molecule has 0 saturated carbocycles. The van der Waals surface area contributed by atoms with E-state index in [1.165, 1.54) is 25.0 Å². The Hall–Kier alpha value is -2.97. The molecule has 9 heteroatoms. The number of amides is 1. The quantitative estimate of drug-likeness (QED) is 0.612. The van der Waals surface area contributed by atoms with E-state index in [-0.39, 0.29) is 11.7 Å². The van der Waals surface area contributed by atoms with Gasteiger partial charge in [-0.15, -0.1) is 0 Å². The molecule has 172 valence electrons. The normalized spacial score (nSPS) is 17.0. The number of piperazine rings is 1. The molecule has 2 saturated heterocycles. The van der Waals surface area contributed by atoms with Crippen molar-refractivity contribution >= 4 is 45.9 Å². The van der Waals surface area contributed by atoms with Gasteiger partial charge < -0.3 is 15.1 Å². The molecule has 2 aliphatic rings. The zero-order valence-corrected chi connectivity index (χ0v) is 19.1. The van der Waals surface area contributed by atoms with Gasteiger partial charge in [0.2, 0.25) is 11.9 Å². The summed E-state index contributed by atoms with van der Waals surface area (Å²) in [5, 5.41) is 4.52. The molecule has 0 atom stereocenters. The predicted molar refractivity (Wildman–Crippen MR) is 129 cm³/mol. The topological polar surface area (TPSA) is 64.6 Å². The standard InChI is InChI=1S/C24H26ClFN6O/c25-17-3-6-19(7-4-17)27-23-20-15-18(26)5-8-21(20)28-24(29-23)32-13-11-31(12-14-32)22(33)16-30-9-1-2-10-30/h3-8,15H,1-2,9-14,16H2,(H,27,28,29). The van der Waals surface area contributed by atoms with E-state index in [4.69, 9.17) is 16.6 Å². The Morgan fingerprint density at radius 3 is 2.42 bits per heavy atom. The van der Waals surface area contributed by atoms with Crippen molar-refractivity contribution in [3.63, 3.8) is 0 Å². The number of anilines is 3. The van der Waals surface area contributed by atoms with Gasteiger partial charge in [-0.1, -0.05) is 11.6 Å². The van der Waals surface area contributed by atoms with E-state index in [1.807, 2.05) is 17.0 Å². The molecule has 1 aromatic heterocycles. The van der Waals surface area contributed by atoms with Crippen LogP contribution in [0.3, 0.4) is 0 Å². The number of likely N-dealkylation sites (tertiary alicyclic amines) is 1. The van der Waals surface area contributed by atoms with Gasteiger partial charge in [-0.05, 0) is 68.4 Å². The maximum absolute atomic E-state index is 14.0. The third kappa shape index (κ3) is 5.02. The predicted octanol–water partition coefficient (Wildman–Crippen LogP) is 3.91. The van der Waals surface area contributed by atoms with Crippen LogP contribution in [0.1, 0.15) is 12.8 Å². The van der Waals surface area contributed by atoms with Crippen LogP contribution in [-0.4, -0.2) is 71.5 Å². The highest BCUT2D eigenvalue weighted by Gasteiger charge is 2.25. The Morgan fingerprint density at radius 2 is 1.70 bits per heavy atom.